The first-order valence-corrected chi connectivity index (χ1v) is 13.3. The Hall–Kier alpha value is -4.67. The quantitative estimate of drug-likeness (QED) is 0.336. The highest BCUT2D eigenvalue weighted by molar-refractivity contribution is 5.95. The minimum atomic E-state index is -0.415. The fraction of sp³-hybridized carbons (Fsp3) is 0.206. The van der Waals surface area contributed by atoms with Gasteiger partial charge >= 0.3 is 0 Å². The fourth-order valence-electron chi connectivity index (χ4n) is 7.02. The molecule has 1 aliphatic carbocycles. The third-order valence-electron chi connectivity index (χ3n) is 8.59. The number of anilines is 1. The van der Waals surface area contributed by atoms with Crippen molar-refractivity contribution in [2.75, 3.05) is 4.90 Å². The molecule has 0 N–H and O–H groups in total. The van der Waals surface area contributed by atoms with Crippen LogP contribution in [0.3, 0.4) is 0 Å². The Kier molecular flexibility index (Phi) is 5.17. The van der Waals surface area contributed by atoms with E-state index in [0.717, 1.165) is 52.3 Å². The lowest BCUT2D eigenvalue weighted by Gasteiger charge is -2.53. The number of nitriles is 2. The van der Waals surface area contributed by atoms with Crippen molar-refractivity contribution in [1.82, 2.24) is 0 Å². The van der Waals surface area contributed by atoms with Crippen molar-refractivity contribution in [2.24, 2.45) is 10.9 Å². The molecule has 1 fully saturated rings. The SMILES string of the molecule is N#CC(C#N)=c1cc2c(c3ccccc13)=N[C@]13CCCC[C@@H]1[C@@H](c1ccccc1)C=C(c1ccccc1)N23. The molecule has 4 nitrogen and oxygen atoms in total. The summed E-state index contributed by atoms with van der Waals surface area (Å²) in [5.74, 6) is 0.559. The van der Waals surface area contributed by atoms with Gasteiger partial charge in [0.1, 0.15) is 23.4 Å². The van der Waals surface area contributed by atoms with Crippen molar-refractivity contribution in [1.29, 1.82) is 10.5 Å². The summed E-state index contributed by atoms with van der Waals surface area (Å²) in [6.45, 7) is 0. The van der Waals surface area contributed by atoms with Gasteiger partial charge in [0.15, 0.2) is 0 Å². The molecule has 3 aliphatic rings. The normalized spacial score (nSPS) is 23.2. The largest absolute Gasteiger partial charge is 0.314 e. The van der Waals surface area contributed by atoms with E-state index in [-0.39, 0.29) is 11.5 Å². The van der Waals surface area contributed by atoms with Crippen LogP contribution in [0.4, 0.5) is 5.69 Å². The number of nitrogens with zero attached hydrogens (tertiary/aromatic N) is 4. The van der Waals surface area contributed by atoms with Crippen molar-refractivity contribution in [2.45, 2.75) is 37.3 Å². The molecule has 2 heterocycles. The topological polar surface area (TPSA) is 63.2 Å². The molecule has 0 saturated heterocycles. The summed E-state index contributed by atoms with van der Waals surface area (Å²) in [6.07, 6.45) is 6.82. The van der Waals surface area contributed by atoms with Crippen molar-refractivity contribution in [3.05, 3.63) is 119 Å². The maximum atomic E-state index is 9.84. The van der Waals surface area contributed by atoms with Gasteiger partial charge in [0.2, 0.25) is 0 Å². The van der Waals surface area contributed by atoms with Gasteiger partial charge in [-0.15, -0.1) is 0 Å². The number of hydrogen-bond donors (Lipinski definition) is 0. The van der Waals surface area contributed by atoms with Gasteiger partial charge in [-0.1, -0.05) is 97.4 Å². The summed E-state index contributed by atoms with van der Waals surface area (Å²) in [4.78, 5) is 8.13. The van der Waals surface area contributed by atoms with Crippen LogP contribution in [-0.4, -0.2) is 5.66 Å². The van der Waals surface area contributed by atoms with Crippen LogP contribution in [0, 0.1) is 28.6 Å². The first kappa shape index (κ1) is 22.5. The molecule has 0 unspecified atom stereocenters. The van der Waals surface area contributed by atoms with E-state index in [9.17, 15) is 10.5 Å². The number of benzene rings is 4. The second-order valence-electron chi connectivity index (χ2n) is 10.5. The summed E-state index contributed by atoms with van der Waals surface area (Å²) in [5.41, 5.74) is 4.34. The predicted octanol–water partition coefficient (Wildman–Crippen LogP) is 6.20. The Morgan fingerprint density at radius 3 is 2.26 bits per heavy atom. The Morgan fingerprint density at radius 1 is 0.842 bits per heavy atom. The van der Waals surface area contributed by atoms with Crippen molar-refractivity contribution in [3.8, 4) is 12.1 Å². The first-order chi connectivity index (χ1) is 18.7. The highest BCUT2D eigenvalue weighted by atomic mass is 15.4. The fourth-order valence-corrected chi connectivity index (χ4v) is 7.02. The van der Waals surface area contributed by atoms with Gasteiger partial charge in [0.05, 0.1) is 11.0 Å². The molecule has 0 radical (unpaired) electrons. The van der Waals surface area contributed by atoms with Crippen LogP contribution in [0.15, 0.2) is 102 Å². The Morgan fingerprint density at radius 2 is 1.53 bits per heavy atom. The van der Waals surface area contributed by atoms with Gasteiger partial charge in [0, 0.05) is 28.1 Å². The minimum Gasteiger partial charge on any atom is -0.314 e. The standard InChI is InChI=1S/C34H26N4/c35-21-25(22-36)28-19-32-33(27-16-8-7-15-26(27)28)37-34-18-10-9-17-30(34)29(23-11-3-1-4-12-23)20-31(38(32)34)24-13-5-2-6-14-24/h1-8,11-16,19-20,29-30H,9-10,17-18H2/t29-,30-,34+/m1/s1. The average molecular weight is 491 g/mol. The van der Waals surface area contributed by atoms with E-state index < -0.39 is 5.66 Å². The molecular formula is C34H26N4. The predicted molar refractivity (Wildman–Crippen MR) is 150 cm³/mol. The van der Waals surface area contributed by atoms with Crippen molar-refractivity contribution in [3.63, 3.8) is 0 Å². The van der Waals surface area contributed by atoms with E-state index >= 15 is 0 Å². The van der Waals surface area contributed by atoms with Gasteiger partial charge < -0.3 is 4.90 Å². The van der Waals surface area contributed by atoms with E-state index in [1.807, 2.05) is 24.3 Å². The molecule has 182 valence electrons. The second kappa shape index (κ2) is 8.72. The van der Waals surface area contributed by atoms with Gasteiger partial charge in [-0.3, -0.25) is 4.99 Å². The molecule has 4 aromatic rings. The monoisotopic (exact) mass is 490 g/mol. The van der Waals surface area contributed by atoms with E-state index in [0.29, 0.717) is 11.1 Å². The molecule has 0 aromatic heterocycles. The van der Waals surface area contributed by atoms with Gasteiger partial charge in [-0.05, 0) is 41.8 Å². The van der Waals surface area contributed by atoms with Crippen molar-refractivity contribution >= 4 is 27.7 Å². The molecule has 2 aliphatic heterocycles. The maximum Gasteiger partial charge on any atom is 0.140 e. The van der Waals surface area contributed by atoms with Gasteiger partial charge in [-0.2, -0.15) is 10.5 Å². The molecule has 0 amide bonds. The van der Waals surface area contributed by atoms with Crippen LogP contribution >= 0.6 is 0 Å². The lowest BCUT2D eigenvalue weighted by atomic mass is 9.66. The molecule has 4 aromatic carbocycles. The van der Waals surface area contributed by atoms with E-state index in [2.05, 4.69) is 89.8 Å². The summed E-state index contributed by atoms with van der Waals surface area (Å²) in [6, 6.07) is 35.8. The Labute approximate surface area is 222 Å². The van der Waals surface area contributed by atoms with E-state index in [4.69, 9.17) is 4.99 Å². The molecular weight excluding hydrogens is 464 g/mol. The molecule has 1 saturated carbocycles. The molecule has 1 spiro atoms. The lowest BCUT2D eigenvalue weighted by molar-refractivity contribution is 0.176. The smallest absolute Gasteiger partial charge is 0.140 e. The van der Waals surface area contributed by atoms with Crippen LogP contribution in [0.2, 0.25) is 0 Å². The Balaban J connectivity index is 1.60. The number of fused-ring (bicyclic) bond motifs is 4. The second-order valence-corrected chi connectivity index (χ2v) is 10.5. The summed E-state index contributed by atoms with van der Waals surface area (Å²) in [5, 5.41) is 23.2. The molecule has 0 bridgehead atoms. The van der Waals surface area contributed by atoms with Gasteiger partial charge in [-0.25, -0.2) is 0 Å². The minimum absolute atomic E-state index is 0.134. The zero-order chi connectivity index (χ0) is 25.7. The van der Waals surface area contributed by atoms with E-state index in [1.165, 1.54) is 12.0 Å². The molecule has 38 heavy (non-hydrogen) atoms. The highest BCUT2D eigenvalue weighted by Crippen LogP contribution is 2.56. The van der Waals surface area contributed by atoms with Crippen LogP contribution in [0.5, 0.6) is 0 Å². The molecule has 7 rings (SSSR count). The van der Waals surface area contributed by atoms with Gasteiger partial charge in [0.25, 0.3) is 0 Å². The summed E-state index contributed by atoms with van der Waals surface area (Å²) >= 11 is 0. The Bertz CT molecular complexity index is 1790. The summed E-state index contributed by atoms with van der Waals surface area (Å²) in [7, 11) is 0. The third kappa shape index (κ3) is 3.17. The third-order valence-corrected chi connectivity index (χ3v) is 8.59. The number of rotatable bonds is 2. The van der Waals surface area contributed by atoms with Crippen LogP contribution < -0.4 is 15.5 Å². The lowest BCUT2D eigenvalue weighted by Crippen LogP contribution is -2.55. The molecule has 3 atom stereocenters. The van der Waals surface area contributed by atoms with Crippen LogP contribution in [-0.2, 0) is 0 Å². The van der Waals surface area contributed by atoms with Crippen LogP contribution in [0.25, 0.3) is 22.0 Å². The van der Waals surface area contributed by atoms with E-state index in [1.54, 1.807) is 0 Å². The first-order valence-electron chi connectivity index (χ1n) is 13.3. The molecule has 4 heteroatoms. The number of allylic oxidation sites excluding steroid dienone is 1. The zero-order valence-corrected chi connectivity index (χ0v) is 21.0. The highest BCUT2D eigenvalue weighted by Gasteiger charge is 2.55. The average Bonchev–Trinajstić information content (AvgIpc) is 3.32. The zero-order valence-electron chi connectivity index (χ0n) is 21.0. The van der Waals surface area contributed by atoms with Crippen LogP contribution in [0.1, 0.15) is 42.7 Å². The summed E-state index contributed by atoms with van der Waals surface area (Å²) < 4.78 is 0. The van der Waals surface area contributed by atoms with Crippen molar-refractivity contribution < 1.29 is 0 Å². The maximum absolute atomic E-state index is 9.84. The number of hydrogen-bond acceptors (Lipinski definition) is 4.